The first-order chi connectivity index (χ1) is 20.7. The van der Waals surface area contributed by atoms with Gasteiger partial charge < -0.3 is 14.7 Å². The number of aromatic nitrogens is 2. The van der Waals surface area contributed by atoms with Gasteiger partial charge in [0, 0.05) is 39.4 Å². The molecule has 1 unspecified atom stereocenters. The fourth-order valence-electron chi connectivity index (χ4n) is 7.46. The summed E-state index contributed by atoms with van der Waals surface area (Å²) < 4.78 is 5.93. The van der Waals surface area contributed by atoms with Gasteiger partial charge in [-0.2, -0.15) is 10.5 Å². The molecule has 0 spiro atoms. The van der Waals surface area contributed by atoms with Crippen molar-refractivity contribution in [2.24, 2.45) is 27.2 Å². The molecule has 0 saturated heterocycles. The van der Waals surface area contributed by atoms with E-state index in [9.17, 15) is 15.3 Å². The highest BCUT2D eigenvalue weighted by Gasteiger charge is 2.57. The fourth-order valence-corrected chi connectivity index (χ4v) is 8.18. The van der Waals surface area contributed by atoms with Crippen LogP contribution in [0.1, 0.15) is 87.2 Å². The van der Waals surface area contributed by atoms with E-state index in [0.29, 0.717) is 0 Å². The lowest BCUT2D eigenvalue weighted by atomic mass is 9.74. The Kier molecular flexibility index (Phi) is 7.05. The van der Waals surface area contributed by atoms with Crippen molar-refractivity contribution in [2.45, 2.75) is 78.7 Å². The third kappa shape index (κ3) is 4.31. The zero-order valence-corrected chi connectivity index (χ0v) is 28.0. The molecular formula is C35H37BrN6O2. The van der Waals surface area contributed by atoms with Crippen LogP contribution >= 0.6 is 15.9 Å². The number of carbonyl (C=O) groups excluding carboxylic acids is 1. The number of H-pyrrole nitrogens is 2. The maximum atomic E-state index is 12.6. The summed E-state index contributed by atoms with van der Waals surface area (Å²) in [6, 6.07) is 4.81. The van der Waals surface area contributed by atoms with Gasteiger partial charge in [0.15, 0.2) is 0 Å². The van der Waals surface area contributed by atoms with Crippen molar-refractivity contribution in [1.82, 2.24) is 9.97 Å². The van der Waals surface area contributed by atoms with Gasteiger partial charge in [0.05, 0.1) is 47.1 Å². The van der Waals surface area contributed by atoms with Gasteiger partial charge in [0.25, 0.3) is 0 Å². The Morgan fingerprint density at radius 2 is 1.68 bits per heavy atom. The van der Waals surface area contributed by atoms with E-state index in [0.717, 1.165) is 84.4 Å². The number of halogens is 1. The number of methoxy groups -OCH3 is 1. The molecule has 8 nitrogen and oxygen atoms in total. The second-order valence-corrected chi connectivity index (χ2v) is 14.2. The van der Waals surface area contributed by atoms with Crippen LogP contribution in [0.15, 0.2) is 31.4 Å². The Morgan fingerprint density at radius 3 is 2.30 bits per heavy atom. The number of aliphatic imine (C=N–C) groups is 2. The van der Waals surface area contributed by atoms with Crippen molar-refractivity contribution < 1.29 is 9.53 Å². The number of hydrogen-bond acceptors (Lipinski definition) is 6. The molecule has 4 aliphatic rings. The number of allylic oxidation sites excluding steroid dienone is 2. The van der Waals surface area contributed by atoms with Crippen molar-refractivity contribution >= 4 is 51.6 Å². The second kappa shape index (κ2) is 10.3. The first-order valence-corrected chi connectivity index (χ1v) is 15.8. The number of fused-ring (bicyclic) bond motifs is 5. The van der Waals surface area contributed by atoms with Crippen LogP contribution in [0.2, 0.25) is 0 Å². The average molecular weight is 654 g/mol. The van der Waals surface area contributed by atoms with Crippen LogP contribution in [-0.4, -0.2) is 40.0 Å². The van der Waals surface area contributed by atoms with Crippen molar-refractivity contribution in [2.75, 3.05) is 7.11 Å². The van der Waals surface area contributed by atoms with E-state index in [-0.39, 0.29) is 23.2 Å². The number of ether oxygens (including phenoxy) is 1. The Hall–Kier alpha value is -3.95. The van der Waals surface area contributed by atoms with Crippen LogP contribution in [0.4, 0.5) is 0 Å². The third-order valence-electron chi connectivity index (χ3n) is 10.8. The third-order valence-corrected chi connectivity index (χ3v) is 11.4. The van der Waals surface area contributed by atoms with Crippen molar-refractivity contribution in [3.63, 3.8) is 0 Å². The van der Waals surface area contributed by atoms with Crippen LogP contribution in [0.25, 0.3) is 18.2 Å². The molecule has 226 valence electrons. The highest BCUT2D eigenvalue weighted by molar-refractivity contribution is 9.10. The van der Waals surface area contributed by atoms with Crippen molar-refractivity contribution in [3.05, 3.63) is 60.1 Å². The second-order valence-electron chi connectivity index (χ2n) is 13.4. The molecule has 6 rings (SSSR count). The summed E-state index contributed by atoms with van der Waals surface area (Å²) in [5.74, 6) is -1.23. The zero-order chi connectivity index (χ0) is 31.9. The lowest BCUT2D eigenvalue weighted by Crippen LogP contribution is -2.34. The Bertz CT molecular complexity index is 1970. The Labute approximate surface area is 266 Å². The molecule has 9 heteroatoms. The minimum absolute atomic E-state index is 0.0272. The van der Waals surface area contributed by atoms with Crippen LogP contribution in [0, 0.1) is 53.8 Å². The Morgan fingerprint density at radius 1 is 1.00 bits per heavy atom. The van der Waals surface area contributed by atoms with Crippen LogP contribution in [0.5, 0.6) is 0 Å². The summed E-state index contributed by atoms with van der Waals surface area (Å²) in [7, 11) is 1.39. The number of hydrogen-bond donors (Lipinski definition) is 2. The highest BCUT2D eigenvalue weighted by atomic mass is 79.9. The first-order valence-electron chi connectivity index (χ1n) is 15.0. The number of esters is 1. The number of nitriles is 2. The molecule has 2 aliphatic heterocycles. The maximum absolute atomic E-state index is 12.6. The summed E-state index contributed by atoms with van der Waals surface area (Å²) >= 11 is 3.70. The molecule has 1 saturated carbocycles. The van der Waals surface area contributed by atoms with Gasteiger partial charge in [-0.05, 0) is 115 Å². The van der Waals surface area contributed by atoms with Crippen LogP contribution in [-0.2, 0) is 9.53 Å². The molecule has 2 N–H and O–H groups in total. The van der Waals surface area contributed by atoms with Gasteiger partial charge in [0.2, 0.25) is 0 Å². The summed E-state index contributed by atoms with van der Waals surface area (Å²) in [5.41, 5.74) is 9.35. The van der Waals surface area contributed by atoms with Gasteiger partial charge in [-0.15, -0.1) is 0 Å². The van der Waals surface area contributed by atoms with E-state index in [1.807, 2.05) is 6.92 Å². The largest absolute Gasteiger partial charge is 0.469 e. The molecule has 4 heterocycles. The summed E-state index contributed by atoms with van der Waals surface area (Å²) in [4.78, 5) is 29.5. The van der Waals surface area contributed by atoms with Gasteiger partial charge in [0.1, 0.15) is 5.54 Å². The van der Waals surface area contributed by atoms with E-state index in [2.05, 4.69) is 97.8 Å². The Balaban J connectivity index is 1.37. The fraction of sp³-hybridized carbons (Fsp3) is 0.457. The molecule has 1 fully saturated rings. The highest BCUT2D eigenvalue weighted by Crippen LogP contribution is 2.62. The predicted octanol–water partition coefficient (Wildman–Crippen LogP) is 5.78. The standard InChI is InChI=1S/C35H37BrN6O2/c1-16-17(2)25(39-24(16)9-20-13-34(5,6)35(7,15-38)42-20)11-26-18(3)19(4)27(40-26)12-28-30-21-10-22(31(30)32(36)41-28)29(23(21)14-37)33(43)44-8/h9,11-12,21-23,29,39,41H,10,13H2,1-8H3/b24-9+,25-11-,27-12+/t21-,22+,23+,29+,35?/m1/s1. The molecule has 44 heavy (non-hydrogen) atoms. The summed E-state index contributed by atoms with van der Waals surface area (Å²) in [5, 5.41) is 21.7. The summed E-state index contributed by atoms with van der Waals surface area (Å²) in [6.07, 6.45) is 7.77. The number of nitrogens with zero attached hydrogens (tertiary/aromatic N) is 4. The minimum atomic E-state index is -0.739. The molecule has 0 aromatic carbocycles. The van der Waals surface area contributed by atoms with Gasteiger partial charge in [-0.1, -0.05) is 13.8 Å². The molecule has 0 amide bonds. The van der Waals surface area contributed by atoms with Crippen molar-refractivity contribution in [1.29, 1.82) is 10.5 Å². The van der Waals surface area contributed by atoms with E-state index in [1.165, 1.54) is 7.11 Å². The lowest BCUT2D eigenvalue weighted by molar-refractivity contribution is -0.146. The monoisotopic (exact) mass is 652 g/mol. The van der Waals surface area contributed by atoms with E-state index >= 15 is 0 Å². The van der Waals surface area contributed by atoms with E-state index in [1.54, 1.807) is 0 Å². The topological polar surface area (TPSA) is 130 Å². The smallest absolute Gasteiger partial charge is 0.310 e. The average Bonchev–Trinajstić information content (AvgIpc) is 3.79. The van der Waals surface area contributed by atoms with Crippen LogP contribution < -0.4 is 10.7 Å². The quantitative estimate of drug-likeness (QED) is 0.405. The number of rotatable bonds is 4. The van der Waals surface area contributed by atoms with Gasteiger partial charge in [-0.3, -0.25) is 9.79 Å². The van der Waals surface area contributed by atoms with Crippen LogP contribution in [0.3, 0.4) is 0 Å². The molecular weight excluding hydrogens is 616 g/mol. The zero-order valence-electron chi connectivity index (χ0n) is 26.4. The lowest BCUT2D eigenvalue weighted by Gasteiger charge is -2.29. The van der Waals surface area contributed by atoms with Crippen molar-refractivity contribution in [3.8, 4) is 12.1 Å². The molecule has 0 radical (unpaired) electrons. The van der Waals surface area contributed by atoms with E-state index < -0.39 is 17.4 Å². The van der Waals surface area contributed by atoms with E-state index in [4.69, 9.17) is 14.7 Å². The predicted molar refractivity (Wildman–Crippen MR) is 175 cm³/mol. The number of nitrogens with one attached hydrogen (secondary N) is 2. The molecule has 2 bridgehead atoms. The normalized spacial score (nSPS) is 30.1. The maximum Gasteiger partial charge on any atom is 0.310 e. The minimum Gasteiger partial charge on any atom is -0.469 e. The molecule has 2 aromatic rings. The number of carbonyl (C=O) groups is 1. The summed E-state index contributed by atoms with van der Waals surface area (Å²) in [6.45, 7) is 14.5. The SMILES string of the molecule is COC(=O)[C@@H]1[C@@H](C#N)[C@H]2C[C@@H]1c1c(Br)[nH]c(/C=C3N=C(/C=c4\[nH]/c(=C/C5=NC(C)(C#N)C(C)(C)C5)c(C)c4C)C(C)=C/3C)c12. The van der Waals surface area contributed by atoms with Gasteiger partial charge in [-0.25, -0.2) is 4.99 Å². The molecule has 5 atom stereocenters. The van der Waals surface area contributed by atoms with Gasteiger partial charge >= 0.3 is 5.97 Å². The molecule has 2 aromatic heterocycles. The first kappa shape index (κ1) is 30.1. The number of aromatic amines is 2. The molecule has 2 aliphatic carbocycles.